The summed E-state index contributed by atoms with van der Waals surface area (Å²) in [6.45, 7) is 6.63. The first-order valence-electron chi connectivity index (χ1n) is 9.15. The first-order valence-corrected chi connectivity index (χ1v) is 9.94. The number of halogens is 1. The molecule has 2 aromatic rings. The smallest absolute Gasteiger partial charge is 0.276 e. The monoisotopic (exact) mass is 448 g/mol. The fourth-order valence-corrected chi connectivity index (χ4v) is 2.80. The van der Waals surface area contributed by atoms with E-state index in [-0.39, 0.29) is 6.61 Å². The Morgan fingerprint density at radius 2 is 1.75 bits per heavy atom. The van der Waals surface area contributed by atoms with Crippen molar-refractivity contribution >= 4 is 27.7 Å². The van der Waals surface area contributed by atoms with Gasteiger partial charge in [0.1, 0.15) is 11.5 Å². The predicted molar refractivity (Wildman–Crippen MR) is 112 cm³/mol. The fourth-order valence-electron chi connectivity index (χ4n) is 2.30. The van der Waals surface area contributed by atoms with Crippen LogP contribution in [0.3, 0.4) is 0 Å². The standard InChI is InChI=1S/C21H25BrN2O4/c1-4-11-27-19-10-7-16(12-18(19)22)21(26)24-23-20(25)13-28-17-8-5-15(6-9-17)14(2)3/h5-10,12,14H,4,11,13H2,1-3H3,(H,23,25)(H,24,26). The molecule has 6 nitrogen and oxygen atoms in total. The maximum absolute atomic E-state index is 12.2. The van der Waals surface area contributed by atoms with Crippen LogP contribution < -0.4 is 20.3 Å². The second-order valence-electron chi connectivity index (χ2n) is 6.51. The third-order valence-corrected chi connectivity index (χ3v) is 4.51. The maximum atomic E-state index is 12.2. The molecule has 0 radical (unpaired) electrons. The van der Waals surface area contributed by atoms with Gasteiger partial charge in [0.05, 0.1) is 11.1 Å². The number of rotatable bonds is 8. The number of hydrazine groups is 1. The third kappa shape index (κ3) is 6.56. The van der Waals surface area contributed by atoms with E-state index in [2.05, 4.69) is 40.6 Å². The minimum absolute atomic E-state index is 0.200. The van der Waals surface area contributed by atoms with Crippen LogP contribution in [0.25, 0.3) is 0 Å². The van der Waals surface area contributed by atoms with E-state index < -0.39 is 11.8 Å². The Hall–Kier alpha value is -2.54. The Bertz CT molecular complexity index is 807. The molecule has 0 aliphatic rings. The second-order valence-corrected chi connectivity index (χ2v) is 7.36. The Kier molecular flexibility index (Phi) is 8.32. The van der Waals surface area contributed by atoms with Crippen LogP contribution >= 0.6 is 15.9 Å². The highest BCUT2D eigenvalue weighted by Crippen LogP contribution is 2.26. The van der Waals surface area contributed by atoms with Crippen LogP contribution in [-0.2, 0) is 4.79 Å². The molecule has 7 heteroatoms. The van der Waals surface area contributed by atoms with Crippen molar-refractivity contribution in [2.45, 2.75) is 33.1 Å². The van der Waals surface area contributed by atoms with Crippen molar-refractivity contribution in [3.8, 4) is 11.5 Å². The molecular formula is C21H25BrN2O4. The van der Waals surface area contributed by atoms with Crippen molar-refractivity contribution in [1.29, 1.82) is 0 Å². The highest BCUT2D eigenvalue weighted by Gasteiger charge is 2.11. The van der Waals surface area contributed by atoms with E-state index in [4.69, 9.17) is 9.47 Å². The van der Waals surface area contributed by atoms with Crippen molar-refractivity contribution < 1.29 is 19.1 Å². The van der Waals surface area contributed by atoms with Crippen LogP contribution in [0, 0.1) is 0 Å². The van der Waals surface area contributed by atoms with Gasteiger partial charge in [-0.15, -0.1) is 0 Å². The molecule has 0 saturated heterocycles. The summed E-state index contributed by atoms with van der Waals surface area (Å²) in [6.07, 6.45) is 0.894. The van der Waals surface area contributed by atoms with Crippen molar-refractivity contribution in [3.63, 3.8) is 0 Å². The van der Waals surface area contributed by atoms with Gasteiger partial charge in [-0.25, -0.2) is 0 Å². The minimum atomic E-state index is -0.455. The molecule has 0 aliphatic heterocycles. The molecule has 0 heterocycles. The molecule has 0 bridgehead atoms. The number of carbonyl (C=O) groups is 2. The summed E-state index contributed by atoms with van der Waals surface area (Å²) in [5, 5.41) is 0. The SMILES string of the molecule is CCCOc1ccc(C(=O)NNC(=O)COc2ccc(C(C)C)cc2)cc1Br. The summed E-state index contributed by atoms with van der Waals surface area (Å²) < 4.78 is 11.6. The average Bonchev–Trinajstić information content (AvgIpc) is 2.69. The molecule has 150 valence electrons. The Balaban J connectivity index is 1.80. The predicted octanol–water partition coefficient (Wildman–Crippen LogP) is 4.20. The summed E-state index contributed by atoms with van der Waals surface area (Å²) in [4.78, 5) is 24.1. The zero-order chi connectivity index (χ0) is 20.5. The van der Waals surface area contributed by atoms with Crippen molar-refractivity contribution in [3.05, 3.63) is 58.1 Å². The van der Waals surface area contributed by atoms with E-state index in [0.717, 1.165) is 6.42 Å². The highest BCUT2D eigenvalue weighted by molar-refractivity contribution is 9.10. The van der Waals surface area contributed by atoms with Crippen LogP contribution in [-0.4, -0.2) is 25.0 Å². The second kappa shape index (κ2) is 10.7. The van der Waals surface area contributed by atoms with E-state index in [1.54, 1.807) is 18.2 Å². The molecule has 0 atom stereocenters. The molecule has 0 fully saturated rings. The van der Waals surface area contributed by atoms with Gasteiger partial charge in [0.25, 0.3) is 11.8 Å². The van der Waals surface area contributed by atoms with Crippen LogP contribution in [0.4, 0.5) is 0 Å². The van der Waals surface area contributed by atoms with Crippen LogP contribution in [0.15, 0.2) is 46.9 Å². The van der Waals surface area contributed by atoms with Gasteiger partial charge in [-0.3, -0.25) is 20.4 Å². The van der Waals surface area contributed by atoms with E-state index in [1.807, 2.05) is 31.2 Å². The maximum Gasteiger partial charge on any atom is 0.276 e. The Morgan fingerprint density at radius 3 is 2.36 bits per heavy atom. The van der Waals surface area contributed by atoms with Gasteiger partial charge < -0.3 is 9.47 Å². The lowest BCUT2D eigenvalue weighted by molar-refractivity contribution is -0.123. The molecule has 0 saturated carbocycles. The lowest BCUT2D eigenvalue weighted by Gasteiger charge is -2.11. The van der Waals surface area contributed by atoms with E-state index in [9.17, 15) is 9.59 Å². The van der Waals surface area contributed by atoms with Crippen LogP contribution in [0.1, 0.15) is 49.0 Å². The summed E-state index contributed by atoms with van der Waals surface area (Å²) in [6, 6.07) is 12.5. The van der Waals surface area contributed by atoms with Crippen molar-refractivity contribution in [2.75, 3.05) is 13.2 Å². The van der Waals surface area contributed by atoms with Gasteiger partial charge in [-0.2, -0.15) is 0 Å². The lowest BCUT2D eigenvalue weighted by atomic mass is 10.0. The summed E-state index contributed by atoms with van der Waals surface area (Å²) in [5.74, 6) is 0.803. The van der Waals surface area contributed by atoms with Gasteiger partial charge in [-0.05, 0) is 64.2 Å². The number of ether oxygens (including phenoxy) is 2. The van der Waals surface area contributed by atoms with Gasteiger partial charge in [0.2, 0.25) is 0 Å². The van der Waals surface area contributed by atoms with E-state index in [1.165, 1.54) is 5.56 Å². The molecule has 2 amide bonds. The molecule has 0 unspecified atom stereocenters. The Labute approximate surface area is 173 Å². The third-order valence-electron chi connectivity index (χ3n) is 3.89. The molecule has 0 aromatic heterocycles. The van der Waals surface area contributed by atoms with Gasteiger partial charge in [-0.1, -0.05) is 32.9 Å². The number of carbonyl (C=O) groups excluding carboxylic acids is 2. The summed E-state index contributed by atoms with van der Waals surface area (Å²) >= 11 is 3.38. The van der Waals surface area contributed by atoms with Gasteiger partial charge in [0, 0.05) is 5.56 Å². The van der Waals surface area contributed by atoms with E-state index >= 15 is 0 Å². The van der Waals surface area contributed by atoms with Crippen LogP contribution in [0.2, 0.25) is 0 Å². The molecule has 2 N–H and O–H groups in total. The quantitative estimate of drug-likeness (QED) is 0.593. The molecule has 0 aliphatic carbocycles. The van der Waals surface area contributed by atoms with Crippen molar-refractivity contribution in [1.82, 2.24) is 10.9 Å². The highest BCUT2D eigenvalue weighted by atomic mass is 79.9. The fraction of sp³-hybridized carbons (Fsp3) is 0.333. The zero-order valence-electron chi connectivity index (χ0n) is 16.3. The Morgan fingerprint density at radius 1 is 1.04 bits per heavy atom. The largest absolute Gasteiger partial charge is 0.492 e. The molecular weight excluding hydrogens is 424 g/mol. The number of benzene rings is 2. The first kappa shape index (κ1) is 21.8. The zero-order valence-corrected chi connectivity index (χ0v) is 17.8. The van der Waals surface area contributed by atoms with Crippen LogP contribution in [0.5, 0.6) is 11.5 Å². The number of nitrogens with one attached hydrogen (secondary N) is 2. The summed E-state index contributed by atoms with van der Waals surface area (Å²) in [7, 11) is 0. The number of hydrogen-bond donors (Lipinski definition) is 2. The number of amides is 2. The lowest BCUT2D eigenvalue weighted by Crippen LogP contribution is -2.43. The topological polar surface area (TPSA) is 76.7 Å². The first-order chi connectivity index (χ1) is 13.4. The average molecular weight is 449 g/mol. The number of hydrogen-bond acceptors (Lipinski definition) is 4. The minimum Gasteiger partial charge on any atom is -0.492 e. The van der Waals surface area contributed by atoms with E-state index in [0.29, 0.717) is 34.1 Å². The molecule has 2 aromatic carbocycles. The molecule has 28 heavy (non-hydrogen) atoms. The van der Waals surface area contributed by atoms with Gasteiger partial charge >= 0.3 is 0 Å². The van der Waals surface area contributed by atoms with Crippen molar-refractivity contribution in [2.24, 2.45) is 0 Å². The normalized spacial score (nSPS) is 10.5. The molecule has 0 spiro atoms. The summed E-state index contributed by atoms with van der Waals surface area (Å²) in [5.41, 5.74) is 6.29. The molecule has 2 rings (SSSR count). The van der Waals surface area contributed by atoms with Gasteiger partial charge in [0.15, 0.2) is 6.61 Å².